The topological polar surface area (TPSA) is 47.3 Å². The Labute approximate surface area is 131 Å². The summed E-state index contributed by atoms with van der Waals surface area (Å²) in [4.78, 5) is 0.392. The van der Waals surface area contributed by atoms with Crippen molar-refractivity contribution in [1.82, 2.24) is 0 Å². The highest BCUT2D eigenvalue weighted by molar-refractivity contribution is 7.80. The van der Waals surface area contributed by atoms with Crippen molar-refractivity contribution in [2.24, 2.45) is 5.73 Å². The van der Waals surface area contributed by atoms with Crippen LogP contribution >= 0.6 is 12.2 Å². The van der Waals surface area contributed by atoms with Gasteiger partial charge in [0, 0.05) is 23.9 Å². The first-order chi connectivity index (χ1) is 10.2. The molecule has 0 radical (unpaired) electrons. The molecule has 0 saturated carbocycles. The fraction of sp³-hybridized carbons (Fsp3) is 0.235. The number of hydrogen-bond donors (Lipinski definition) is 2. The zero-order valence-corrected chi connectivity index (χ0v) is 13.0. The van der Waals surface area contributed by atoms with E-state index in [1.807, 2.05) is 24.3 Å². The van der Waals surface area contributed by atoms with Gasteiger partial charge in [0.05, 0.1) is 7.11 Å². The molecule has 0 aliphatic heterocycles. The summed E-state index contributed by atoms with van der Waals surface area (Å²) in [6, 6.07) is 16.1. The van der Waals surface area contributed by atoms with E-state index in [1.165, 1.54) is 5.56 Å². The molecule has 3 N–H and O–H groups in total. The first kappa shape index (κ1) is 15.3. The highest BCUT2D eigenvalue weighted by atomic mass is 32.1. The molecule has 0 atom stereocenters. The van der Waals surface area contributed by atoms with E-state index in [0.29, 0.717) is 4.99 Å². The van der Waals surface area contributed by atoms with E-state index in [2.05, 4.69) is 29.6 Å². The number of methoxy groups -OCH3 is 1. The lowest BCUT2D eigenvalue weighted by molar-refractivity contribution is 0.415. The molecule has 0 unspecified atom stereocenters. The summed E-state index contributed by atoms with van der Waals surface area (Å²) in [6.07, 6.45) is 2.08. The zero-order valence-electron chi connectivity index (χ0n) is 12.1. The molecule has 0 aromatic heterocycles. The molecule has 2 aromatic rings. The van der Waals surface area contributed by atoms with E-state index in [1.54, 1.807) is 7.11 Å². The van der Waals surface area contributed by atoms with Crippen LogP contribution in [0.15, 0.2) is 48.5 Å². The Morgan fingerprint density at radius 1 is 1.19 bits per heavy atom. The second kappa shape index (κ2) is 7.64. The van der Waals surface area contributed by atoms with Crippen LogP contribution < -0.4 is 15.8 Å². The van der Waals surface area contributed by atoms with Gasteiger partial charge in [0.15, 0.2) is 0 Å². The predicted molar refractivity (Wildman–Crippen MR) is 92.1 cm³/mol. The van der Waals surface area contributed by atoms with Crippen LogP contribution in [0.5, 0.6) is 5.75 Å². The Morgan fingerprint density at radius 2 is 1.95 bits per heavy atom. The molecule has 21 heavy (non-hydrogen) atoms. The fourth-order valence-corrected chi connectivity index (χ4v) is 2.35. The zero-order chi connectivity index (χ0) is 15.1. The summed E-state index contributed by atoms with van der Waals surface area (Å²) in [7, 11) is 1.65. The number of hydrogen-bond acceptors (Lipinski definition) is 3. The molecular formula is C17H20N2OS. The van der Waals surface area contributed by atoms with E-state index < -0.39 is 0 Å². The van der Waals surface area contributed by atoms with Gasteiger partial charge in [-0.05, 0) is 30.5 Å². The maximum atomic E-state index is 5.75. The lowest BCUT2D eigenvalue weighted by Crippen LogP contribution is -2.14. The Hall–Kier alpha value is -2.07. The monoisotopic (exact) mass is 300 g/mol. The Balaban J connectivity index is 1.94. The van der Waals surface area contributed by atoms with Crippen molar-refractivity contribution in [3.63, 3.8) is 0 Å². The molecule has 0 bridgehead atoms. The van der Waals surface area contributed by atoms with Gasteiger partial charge in [-0.25, -0.2) is 0 Å². The van der Waals surface area contributed by atoms with Gasteiger partial charge in [-0.15, -0.1) is 0 Å². The average Bonchev–Trinajstić information content (AvgIpc) is 2.52. The van der Waals surface area contributed by atoms with Gasteiger partial charge in [-0.2, -0.15) is 0 Å². The predicted octanol–water partition coefficient (Wildman–Crippen LogP) is 3.37. The second-order valence-electron chi connectivity index (χ2n) is 4.79. The molecule has 0 fully saturated rings. The van der Waals surface area contributed by atoms with Crippen LogP contribution in [0.4, 0.5) is 5.69 Å². The van der Waals surface area contributed by atoms with Crippen molar-refractivity contribution in [3.8, 4) is 5.75 Å². The highest BCUT2D eigenvalue weighted by Gasteiger charge is 2.06. The molecule has 3 nitrogen and oxygen atoms in total. The summed E-state index contributed by atoms with van der Waals surface area (Å²) in [5, 5.41) is 3.39. The minimum atomic E-state index is 0.392. The van der Waals surface area contributed by atoms with Crippen LogP contribution in [0.3, 0.4) is 0 Å². The molecule has 0 heterocycles. The van der Waals surface area contributed by atoms with Crippen LogP contribution in [0.2, 0.25) is 0 Å². The Morgan fingerprint density at radius 3 is 2.62 bits per heavy atom. The van der Waals surface area contributed by atoms with E-state index in [0.717, 1.165) is 36.4 Å². The first-order valence-corrected chi connectivity index (χ1v) is 7.37. The smallest absolute Gasteiger partial charge is 0.120 e. The average molecular weight is 300 g/mol. The maximum absolute atomic E-state index is 5.75. The quantitative estimate of drug-likeness (QED) is 0.608. The van der Waals surface area contributed by atoms with E-state index >= 15 is 0 Å². The summed E-state index contributed by atoms with van der Waals surface area (Å²) in [5.74, 6) is 0.792. The Bertz CT molecular complexity index is 599. The Kier molecular flexibility index (Phi) is 5.58. The maximum Gasteiger partial charge on any atom is 0.120 e. The number of thiocarbonyl (C=S) groups is 1. The van der Waals surface area contributed by atoms with Crippen LogP contribution in [0.1, 0.15) is 17.5 Å². The van der Waals surface area contributed by atoms with Crippen LogP contribution in [-0.2, 0) is 6.42 Å². The third kappa shape index (κ3) is 4.46. The number of nitrogens with two attached hydrogens (primary N) is 1. The summed E-state index contributed by atoms with van der Waals surface area (Å²) < 4.78 is 5.24. The van der Waals surface area contributed by atoms with Crippen molar-refractivity contribution in [3.05, 3.63) is 59.7 Å². The van der Waals surface area contributed by atoms with Crippen LogP contribution in [0.25, 0.3) is 0 Å². The molecule has 0 spiro atoms. The lowest BCUT2D eigenvalue weighted by Gasteiger charge is -2.13. The minimum absolute atomic E-state index is 0.392. The normalized spacial score (nSPS) is 10.1. The fourth-order valence-electron chi connectivity index (χ4n) is 2.17. The number of rotatable bonds is 7. The second-order valence-corrected chi connectivity index (χ2v) is 5.23. The molecule has 0 saturated heterocycles. The third-order valence-electron chi connectivity index (χ3n) is 3.29. The van der Waals surface area contributed by atoms with Gasteiger partial charge in [0.1, 0.15) is 10.7 Å². The van der Waals surface area contributed by atoms with Gasteiger partial charge in [0.25, 0.3) is 0 Å². The van der Waals surface area contributed by atoms with Crippen LogP contribution in [0, 0.1) is 0 Å². The molecule has 0 amide bonds. The largest absolute Gasteiger partial charge is 0.497 e. The van der Waals surface area contributed by atoms with Gasteiger partial charge in [-0.1, -0.05) is 42.5 Å². The molecule has 4 heteroatoms. The molecular weight excluding hydrogens is 280 g/mol. The summed E-state index contributed by atoms with van der Waals surface area (Å²) >= 11 is 5.08. The standard InChI is InChI=1S/C17H20N2OS/c1-20-14-9-10-15(17(18)21)16(12-14)19-11-5-8-13-6-3-2-4-7-13/h2-4,6-7,9-10,12,19H,5,8,11H2,1H3,(H2,18,21). The molecule has 2 aromatic carbocycles. The van der Waals surface area contributed by atoms with Crippen molar-refractivity contribution >= 4 is 22.9 Å². The van der Waals surface area contributed by atoms with Crippen LogP contribution in [-0.4, -0.2) is 18.6 Å². The minimum Gasteiger partial charge on any atom is -0.497 e. The van der Waals surface area contributed by atoms with Crippen molar-refractivity contribution < 1.29 is 4.74 Å². The van der Waals surface area contributed by atoms with Gasteiger partial charge < -0.3 is 15.8 Å². The van der Waals surface area contributed by atoms with Gasteiger partial charge in [-0.3, -0.25) is 0 Å². The van der Waals surface area contributed by atoms with Crippen molar-refractivity contribution in [1.29, 1.82) is 0 Å². The van der Waals surface area contributed by atoms with E-state index in [9.17, 15) is 0 Å². The first-order valence-electron chi connectivity index (χ1n) is 6.96. The number of benzene rings is 2. The third-order valence-corrected chi connectivity index (χ3v) is 3.51. The highest BCUT2D eigenvalue weighted by Crippen LogP contribution is 2.22. The van der Waals surface area contributed by atoms with Gasteiger partial charge >= 0.3 is 0 Å². The van der Waals surface area contributed by atoms with E-state index in [-0.39, 0.29) is 0 Å². The molecule has 110 valence electrons. The van der Waals surface area contributed by atoms with E-state index in [4.69, 9.17) is 22.7 Å². The molecule has 0 aliphatic rings. The SMILES string of the molecule is COc1ccc(C(N)=S)c(NCCCc2ccccc2)c1. The number of nitrogens with one attached hydrogen (secondary N) is 1. The number of anilines is 1. The molecule has 2 rings (SSSR count). The summed E-state index contributed by atoms with van der Waals surface area (Å²) in [5.41, 5.74) is 8.88. The number of aryl methyl sites for hydroxylation is 1. The van der Waals surface area contributed by atoms with Crippen molar-refractivity contribution in [2.75, 3.05) is 19.0 Å². The molecule has 0 aliphatic carbocycles. The van der Waals surface area contributed by atoms with Crippen molar-refractivity contribution in [2.45, 2.75) is 12.8 Å². The van der Waals surface area contributed by atoms with Gasteiger partial charge in [0.2, 0.25) is 0 Å². The lowest BCUT2D eigenvalue weighted by atomic mass is 10.1. The number of ether oxygens (including phenoxy) is 1. The summed E-state index contributed by atoms with van der Waals surface area (Å²) in [6.45, 7) is 0.859.